The van der Waals surface area contributed by atoms with E-state index in [1.807, 2.05) is 12.2 Å². The molecule has 1 spiro atoms. The van der Waals surface area contributed by atoms with E-state index in [4.69, 9.17) is 4.74 Å². The van der Waals surface area contributed by atoms with Crippen molar-refractivity contribution in [1.82, 2.24) is 20.9 Å². The maximum atomic E-state index is 12.4. The number of carbonyl (C=O) groups excluding carboxylic acids is 5. The van der Waals surface area contributed by atoms with Crippen molar-refractivity contribution >= 4 is 29.8 Å². The summed E-state index contributed by atoms with van der Waals surface area (Å²) in [6.07, 6.45) is 3.48. The number of esters is 1. The average molecular weight is 368 g/mol. The zero-order chi connectivity index (χ0) is 19.3. The number of nitrogens with one attached hydrogen (secondary N) is 3. The average Bonchev–Trinajstić information content (AvgIpc) is 3.14. The Morgan fingerprint density at radius 1 is 1.27 bits per heavy atom. The number of hydrogen-bond acceptors (Lipinski definition) is 6. The summed E-state index contributed by atoms with van der Waals surface area (Å²) in [6, 6.07) is -1.42. The fourth-order valence-corrected chi connectivity index (χ4v) is 2.98. The number of ether oxygens (including phenoxy) is 1. The summed E-state index contributed by atoms with van der Waals surface area (Å²) < 4.78 is 4.74. The molecule has 0 bridgehead atoms. The fraction of sp³-hybridized carbons (Fsp3) is 0.688. The minimum absolute atomic E-state index is 0.104. The highest BCUT2D eigenvalue weighted by Gasteiger charge is 2.52. The Labute approximate surface area is 151 Å². The van der Waals surface area contributed by atoms with Gasteiger partial charge < -0.3 is 15.4 Å². The van der Waals surface area contributed by atoms with Crippen LogP contribution in [0.15, 0.2) is 0 Å². The molecule has 1 aliphatic heterocycles. The lowest BCUT2D eigenvalue weighted by atomic mass is 9.98. The largest absolute Gasteiger partial charge is 0.454 e. The second-order valence-electron chi connectivity index (χ2n) is 6.60. The first-order valence-electron chi connectivity index (χ1n) is 8.67. The van der Waals surface area contributed by atoms with Gasteiger partial charge in [-0.1, -0.05) is 19.8 Å². The SMILES string of the molecule is CC[C@@H](C)NC(=O)NC(=O)COC(=O)CN1C(=O)NC2(CCCC2)C1=O. The fourth-order valence-electron chi connectivity index (χ4n) is 2.98. The van der Waals surface area contributed by atoms with Gasteiger partial charge in [0.05, 0.1) is 0 Å². The molecule has 26 heavy (non-hydrogen) atoms. The van der Waals surface area contributed by atoms with Crippen molar-refractivity contribution in [3.8, 4) is 0 Å². The summed E-state index contributed by atoms with van der Waals surface area (Å²) in [5.41, 5.74) is -0.900. The minimum atomic E-state index is -0.902. The van der Waals surface area contributed by atoms with Crippen LogP contribution in [0.2, 0.25) is 0 Å². The van der Waals surface area contributed by atoms with E-state index in [0.29, 0.717) is 19.3 Å². The van der Waals surface area contributed by atoms with Gasteiger partial charge in [-0.3, -0.25) is 24.6 Å². The summed E-state index contributed by atoms with van der Waals surface area (Å²) >= 11 is 0. The highest BCUT2D eigenvalue weighted by atomic mass is 16.5. The van der Waals surface area contributed by atoms with E-state index >= 15 is 0 Å². The van der Waals surface area contributed by atoms with Crippen molar-refractivity contribution < 1.29 is 28.7 Å². The number of rotatable bonds is 6. The molecule has 0 radical (unpaired) electrons. The van der Waals surface area contributed by atoms with Crippen LogP contribution in [0.3, 0.4) is 0 Å². The standard InChI is InChI=1S/C16H24N4O6/c1-3-10(2)17-14(24)18-11(21)9-26-12(22)8-20-13(23)16(19-15(20)25)6-4-5-7-16/h10H,3-9H2,1-2H3,(H,19,25)(H2,17,18,21,24)/t10-/m1/s1. The summed E-state index contributed by atoms with van der Waals surface area (Å²) in [5, 5.41) is 7.20. The lowest BCUT2D eigenvalue weighted by Gasteiger charge is -2.19. The molecule has 3 N–H and O–H groups in total. The van der Waals surface area contributed by atoms with Crippen LogP contribution in [0, 0.1) is 0 Å². The van der Waals surface area contributed by atoms with Gasteiger partial charge >= 0.3 is 18.0 Å². The third-order valence-corrected chi connectivity index (χ3v) is 4.60. The van der Waals surface area contributed by atoms with E-state index in [1.165, 1.54) is 0 Å². The molecule has 1 aliphatic carbocycles. The van der Waals surface area contributed by atoms with Crippen LogP contribution >= 0.6 is 0 Å². The smallest absolute Gasteiger partial charge is 0.326 e. The van der Waals surface area contributed by atoms with E-state index < -0.39 is 48.5 Å². The first-order chi connectivity index (χ1) is 12.3. The van der Waals surface area contributed by atoms with Gasteiger partial charge in [0, 0.05) is 6.04 Å². The molecular formula is C16H24N4O6. The van der Waals surface area contributed by atoms with Crippen LogP contribution in [0.4, 0.5) is 9.59 Å². The molecule has 2 aliphatic rings. The molecule has 0 aromatic rings. The molecular weight excluding hydrogens is 344 g/mol. The summed E-state index contributed by atoms with van der Waals surface area (Å²) in [6.45, 7) is 2.40. The summed E-state index contributed by atoms with van der Waals surface area (Å²) in [7, 11) is 0. The van der Waals surface area contributed by atoms with Crippen LogP contribution < -0.4 is 16.0 Å². The van der Waals surface area contributed by atoms with Crippen LogP contribution in [0.5, 0.6) is 0 Å². The van der Waals surface area contributed by atoms with Gasteiger partial charge in [-0.2, -0.15) is 0 Å². The number of amides is 6. The lowest BCUT2D eigenvalue weighted by molar-refractivity contribution is -0.150. The van der Waals surface area contributed by atoms with E-state index in [9.17, 15) is 24.0 Å². The highest BCUT2D eigenvalue weighted by Crippen LogP contribution is 2.34. The number of carbonyl (C=O) groups is 5. The molecule has 0 aromatic carbocycles. The number of hydrogen-bond donors (Lipinski definition) is 3. The van der Waals surface area contributed by atoms with Crippen molar-refractivity contribution in [2.45, 2.75) is 57.5 Å². The molecule has 10 nitrogen and oxygen atoms in total. The molecule has 1 saturated carbocycles. The third kappa shape index (κ3) is 4.50. The Balaban J connectivity index is 1.76. The van der Waals surface area contributed by atoms with E-state index in [1.54, 1.807) is 6.92 Å². The topological polar surface area (TPSA) is 134 Å². The number of urea groups is 2. The van der Waals surface area contributed by atoms with Gasteiger partial charge in [0.1, 0.15) is 12.1 Å². The van der Waals surface area contributed by atoms with Crippen LogP contribution in [0.1, 0.15) is 46.0 Å². The van der Waals surface area contributed by atoms with Gasteiger partial charge in [0.25, 0.3) is 11.8 Å². The van der Waals surface area contributed by atoms with Gasteiger partial charge in [-0.25, -0.2) is 9.59 Å². The van der Waals surface area contributed by atoms with Crippen LogP contribution in [-0.2, 0) is 19.1 Å². The first kappa shape index (κ1) is 19.7. The van der Waals surface area contributed by atoms with Crippen molar-refractivity contribution in [3.63, 3.8) is 0 Å². The molecule has 1 saturated heterocycles. The van der Waals surface area contributed by atoms with Crippen LogP contribution in [0.25, 0.3) is 0 Å². The molecule has 6 amide bonds. The Morgan fingerprint density at radius 2 is 1.92 bits per heavy atom. The van der Waals surface area contributed by atoms with Gasteiger partial charge in [-0.05, 0) is 26.2 Å². The molecule has 0 aromatic heterocycles. The molecule has 1 heterocycles. The minimum Gasteiger partial charge on any atom is -0.454 e. The maximum Gasteiger partial charge on any atom is 0.326 e. The molecule has 0 unspecified atom stereocenters. The van der Waals surface area contributed by atoms with E-state index in [2.05, 4.69) is 10.6 Å². The Morgan fingerprint density at radius 3 is 2.54 bits per heavy atom. The molecule has 2 rings (SSSR count). The normalized spacial score (nSPS) is 19.2. The van der Waals surface area contributed by atoms with E-state index in [0.717, 1.165) is 17.7 Å². The van der Waals surface area contributed by atoms with Gasteiger partial charge in [0.2, 0.25) is 0 Å². The van der Waals surface area contributed by atoms with Gasteiger partial charge in [-0.15, -0.1) is 0 Å². The first-order valence-corrected chi connectivity index (χ1v) is 8.67. The predicted octanol–water partition coefficient (Wildman–Crippen LogP) is 0.0185. The monoisotopic (exact) mass is 368 g/mol. The number of nitrogens with zero attached hydrogens (tertiary/aromatic N) is 1. The van der Waals surface area contributed by atoms with Crippen molar-refractivity contribution in [2.75, 3.05) is 13.2 Å². The molecule has 2 fully saturated rings. The summed E-state index contributed by atoms with van der Waals surface area (Å²) in [4.78, 5) is 60.1. The van der Waals surface area contributed by atoms with Crippen LogP contribution in [-0.4, -0.2) is 59.5 Å². The van der Waals surface area contributed by atoms with Crippen molar-refractivity contribution in [1.29, 1.82) is 0 Å². The van der Waals surface area contributed by atoms with Crippen molar-refractivity contribution in [3.05, 3.63) is 0 Å². The predicted molar refractivity (Wildman–Crippen MR) is 88.8 cm³/mol. The second-order valence-corrected chi connectivity index (χ2v) is 6.60. The zero-order valence-electron chi connectivity index (χ0n) is 14.9. The van der Waals surface area contributed by atoms with Crippen molar-refractivity contribution in [2.24, 2.45) is 0 Å². The number of imide groups is 2. The Bertz CT molecular complexity index is 614. The van der Waals surface area contributed by atoms with Gasteiger partial charge in [0.15, 0.2) is 6.61 Å². The summed E-state index contributed by atoms with van der Waals surface area (Å²) in [5.74, 6) is -2.14. The lowest BCUT2D eigenvalue weighted by Crippen LogP contribution is -2.45. The van der Waals surface area contributed by atoms with E-state index in [-0.39, 0.29) is 6.04 Å². The Hall–Kier alpha value is -2.65. The molecule has 144 valence electrons. The third-order valence-electron chi connectivity index (χ3n) is 4.60. The highest BCUT2D eigenvalue weighted by molar-refractivity contribution is 6.09. The zero-order valence-corrected chi connectivity index (χ0v) is 14.9. The quantitative estimate of drug-likeness (QED) is 0.447. The maximum absolute atomic E-state index is 12.4. The Kier molecular flexibility index (Phi) is 6.17. The molecule has 10 heteroatoms. The molecule has 1 atom stereocenters. The second kappa shape index (κ2) is 8.15.